The van der Waals surface area contributed by atoms with Crippen LogP contribution in [0.15, 0.2) is 42.5 Å². The smallest absolute Gasteiger partial charge is 0.125 e. The Kier molecular flexibility index (Phi) is 4.88. The van der Waals surface area contributed by atoms with Gasteiger partial charge >= 0.3 is 0 Å². The van der Waals surface area contributed by atoms with Crippen LogP contribution in [0.4, 0.5) is 0 Å². The monoisotopic (exact) mass is 291 g/mol. The van der Waals surface area contributed by atoms with Crippen LogP contribution in [0, 0.1) is 0 Å². The van der Waals surface area contributed by atoms with Crippen LogP contribution in [0.1, 0.15) is 24.1 Å². The molecule has 20 heavy (non-hydrogen) atoms. The van der Waals surface area contributed by atoms with Gasteiger partial charge < -0.3 is 15.2 Å². The van der Waals surface area contributed by atoms with Crippen molar-refractivity contribution in [2.45, 2.75) is 19.6 Å². The van der Waals surface area contributed by atoms with E-state index in [2.05, 4.69) is 0 Å². The minimum atomic E-state index is -0.138. The third kappa shape index (κ3) is 3.44. The fraction of sp³-hybridized carbons (Fsp3) is 0.250. The molecule has 0 radical (unpaired) electrons. The molecule has 2 aromatic carbocycles. The molecule has 0 bridgehead atoms. The summed E-state index contributed by atoms with van der Waals surface area (Å²) in [4.78, 5) is 0. The topological polar surface area (TPSA) is 44.5 Å². The Balaban J connectivity index is 2.19. The first kappa shape index (κ1) is 14.7. The van der Waals surface area contributed by atoms with E-state index in [-0.39, 0.29) is 6.04 Å². The zero-order valence-electron chi connectivity index (χ0n) is 11.6. The predicted octanol–water partition coefficient (Wildman–Crippen LogP) is 3.95. The maximum absolute atomic E-state index is 5.99. The minimum Gasteiger partial charge on any atom is -0.496 e. The van der Waals surface area contributed by atoms with E-state index in [0.29, 0.717) is 11.6 Å². The summed E-state index contributed by atoms with van der Waals surface area (Å²) in [7, 11) is 1.65. The Morgan fingerprint density at radius 2 is 1.90 bits per heavy atom. The number of halogens is 1. The van der Waals surface area contributed by atoms with Gasteiger partial charge in [-0.25, -0.2) is 0 Å². The van der Waals surface area contributed by atoms with Crippen molar-refractivity contribution in [3.05, 3.63) is 58.6 Å². The number of hydrogen-bond acceptors (Lipinski definition) is 3. The van der Waals surface area contributed by atoms with Crippen molar-refractivity contribution in [3.63, 3.8) is 0 Å². The highest BCUT2D eigenvalue weighted by Crippen LogP contribution is 2.28. The second kappa shape index (κ2) is 6.64. The molecule has 2 rings (SSSR count). The van der Waals surface area contributed by atoms with E-state index in [0.717, 1.165) is 22.6 Å². The van der Waals surface area contributed by atoms with Gasteiger partial charge in [-0.15, -0.1) is 0 Å². The van der Waals surface area contributed by atoms with Crippen LogP contribution >= 0.6 is 11.6 Å². The standard InChI is InChI=1S/C16H18ClNO2/c1-11(18)14-9-13(17)7-8-16(14)20-10-12-5-3-4-6-15(12)19-2/h3-9,11H,10,18H2,1-2H3. The average molecular weight is 292 g/mol. The predicted molar refractivity (Wildman–Crippen MR) is 81.4 cm³/mol. The van der Waals surface area contributed by atoms with Crippen molar-refractivity contribution >= 4 is 11.6 Å². The molecular weight excluding hydrogens is 274 g/mol. The van der Waals surface area contributed by atoms with Gasteiger partial charge in [-0.3, -0.25) is 0 Å². The van der Waals surface area contributed by atoms with Gasteiger partial charge in [0.2, 0.25) is 0 Å². The van der Waals surface area contributed by atoms with E-state index in [1.165, 1.54) is 0 Å². The maximum Gasteiger partial charge on any atom is 0.125 e. The number of hydrogen-bond donors (Lipinski definition) is 1. The molecule has 106 valence electrons. The summed E-state index contributed by atoms with van der Waals surface area (Å²) in [6, 6.07) is 13.1. The third-order valence-electron chi connectivity index (χ3n) is 3.04. The molecule has 0 amide bonds. The quantitative estimate of drug-likeness (QED) is 0.907. The number of nitrogens with two attached hydrogens (primary N) is 1. The summed E-state index contributed by atoms with van der Waals surface area (Å²) in [5.41, 5.74) is 7.83. The molecule has 0 aliphatic carbocycles. The fourth-order valence-corrected chi connectivity index (χ4v) is 2.16. The van der Waals surface area contributed by atoms with Crippen LogP contribution in [-0.4, -0.2) is 7.11 Å². The molecule has 1 unspecified atom stereocenters. The average Bonchev–Trinajstić information content (AvgIpc) is 2.46. The highest BCUT2D eigenvalue weighted by molar-refractivity contribution is 6.30. The Hall–Kier alpha value is -1.71. The Labute approximate surface area is 124 Å². The van der Waals surface area contributed by atoms with Gasteiger partial charge in [0.25, 0.3) is 0 Å². The molecule has 0 spiro atoms. The first-order valence-corrected chi connectivity index (χ1v) is 6.79. The van der Waals surface area contributed by atoms with E-state index in [1.807, 2.05) is 43.3 Å². The second-order valence-electron chi connectivity index (χ2n) is 4.57. The van der Waals surface area contributed by atoms with Crippen molar-refractivity contribution in [1.82, 2.24) is 0 Å². The Bertz CT molecular complexity index is 584. The summed E-state index contributed by atoms with van der Waals surface area (Å²) in [6.07, 6.45) is 0. The molecule has 3 nitrogen and oxygen atoms in total. The molecule has 2 N–H and O–H groups in total. The van der Waals surface area contributed by atoms with Crippen LogP contribution in [-0.2, 0) is 6.61 Å². The van der Waals surface area contributed by atoms with Crippen molar-refractivity contribution in [1.29, 1.82) is 0 Å². The van der Waals surface area contributed by atoms with E-state index in [9.17, 15) is 0 Å². The summed E-state index contributed by atoms with van der Waals surface area (Å²) < 4.78 is 11.2. The van der Waals surface area contributed by atoms with Crippen LogP contribution in [0.3, 0.4) is 0 Å². The van der Waals surface area contributed by atoms with Gasteiger partial charge in [0.15, 0.2) is 0 Å². The van der Waals surface area contributed by atoms with E-state index in [1.54, 1.807) is 13.2 Å². The van der Waals surface area contributed by atoms with Crippen LogP contribution in [0.5, 0.6) is 11.5 Å². The van der Waals surface area contributed by atoms with Crippen LogP contribution < -0.4 is 15.2 Å². The van der Waals surface area contributed by atoms with Crippen molar-refractivity contribution in [3.8, 4) is 11.5 Å². The van der Waals surface area contributed by atoms with Gasteiger partial charge in [-0.2, -0.15) is 0 Å². The summed E-state index contributed by atoms with van der Waals surface area (Å²) in [5, 5.41) is 0.655. The van der Waals surface area contributed by atoms with Gasteiger partial charge in [0.1, 0.15) is 18.1 Å². The molecule has 0 fully saturated rings. The molecule has 4 heteroatoms. The first-order chi connectivity index (χ1) is 9.61. The molecule has 0 aromatic heterocycles. The van der Waals surface area contributed by atoms with Gasteiger partial charge in [0.05, 0.1) is 7.11 Å². The normalized spacial score (nSPS) is 12.0. The highest BCUT2D eigenvalue weighted by atomic mass is 35.5. The van der Waals surface area contributed by atoms with Gasteiger partial charge in [-0.1, -0.05) is 29.8 Å². The van der Waals surface area contributed by atoms with Gasteiger partial charge in [0, 0.05) is 22.2 Å². The molecular formula is C16H18ClNO2. The van der Waals surface area contributed by atoms with E-state index in [4.69, 9.17) is 26.8 Å². The minimum absolute atomic E-state index is 0.138. The molecule has 0 aliphatic rings. The maximum atomic E-state index is 5.99. The summed E-state index contributed by atoms with van der Waals surface area (Å²) in [5.74, 6) is 1.55. The molecule has 0 aliphatic heterocycles. The fourth-order valence-electron chi connectivity index (χ4n) is 1.98. The van der Waals surface area contributed by atoms with Crippen molar-refractivity contribution in [2.75, 3.05) is 7.11 Å². The first-order valence-electron chi connectivity index (χ1n) is 6.41. The van der Waals surface area contributed by atoms with E-state index >= 15 is 0 Å². The highest BCUT2D eigenvalue weighted by Gasteiger charge is 2.10. The second-order valence-corrected chi connectivity index (χ2v) is 5.01. The SMILES string of the molecule is COc1ccccc1COc1ccc(Cl)cc1C(C)N. The Morgan fingerprint density at radius 1 is 1.15 bits per heavy atom. The van der Waals surface area contributed by atoms with Gasteiger partial charge in [-0.05, 0) is 31.2 Å². The zero-order chi connectivity index (χ0) is 14.5. The van der Waals surface area contributed by atoms with Crippen molar-refractivity contribution in [2.24, 2.45) is 5.73 Å². The molecule has 0 saturated heterocycles. The molecule has 0 heterocycles. The van der Waals surface area contributed by atoms with Crippen LogP contribution in [0.25, 0.3) is 0 Å². The van der Waals surface area contributed by atoms with E-state index < -0.39 is 0 Å². The lowest BCUT2D eigenvalue weighted by molar-refractivity contribution is 0.292. The largest absolute Gasteiger partial charge is 0.496 e. The zero-order valence-corrected chi connectivity index (χ0v) is 12.4. The Morgan fingerprint density at radius 3 is 2.60 bits per heavy atom. The number of rotatable bonds is 5. The number of benzene rings is 2. The third-order valence-corrected chi connectivity index (χ3v) is 3.27. The molecule has 0 saturated carbocycles. The number of ether oxygens (including phenoxy) is 2. The lowest BCUT2D eigenvalue weighted by Gasteiger charge is -2.15. The lowest BCUT2D eigenvalue weighted by atomic mass is 10.1. The number of para-hydroxylation sites is 1. The number of methoxy groups -OCH3 is 1. The van der Waals surface area contributed by atoms with Crippen LogP contribution in [0.2, 0.25) is 5.02 Å². The molecule has 2 aromatic rings. The summed E-state index contributed by atoms with van der Waals surface area (Å²) in [6.45, 7) is 2.33. The van der Waals surface area contributed by atoms with Crippen molar-refractivity contribution < 1.29 is 9.47 Å². The lowest BCUT2D eigenvalue weighted by Crippen LogP contribution is -2.08. The summed E-state index contributed by atoms with van der Waals surface area (Å²) >= 11 is 5.99. The molecule has 1 atom stereocenters.